The molecule has 0 fully saturated rings. The van der Waals surface area contributed by atoms with Crippen LogP contribution in [0.5, 0.6) is 0 Å². The molecular formula is C21H42N2O5. The first-order valence-corrected chi connectivity index (χ1v) is 8.69. The first kappa shape index (κ1) is 33.3. The molecule has 9 N–H and O–H groups in total. The summed E-state index contributed by atoms with van der Waals surface area (Å²) in [6.45, 7) is 5.94. The van der Waals surface area contributed by atoms with E-state index < -0.39 is 0 Å². The Labute approximate surface area is 171 Å². The largest absolute Gasteiger partial charge is 0.412 e. The van der Waals surface area contributed by atoms with Crippen LogP contribution in [0.2, 0.25) is 0 Å². The van der Waals surface area contributed by atoms with Gasteiger partial charge in [0.25, 0.3) is 0 Å². The van der Waals surface area contributed by atoms with E-state index in [4.69, 9.17) is 26.8 Å². The Kier molecular flexibility index (Phi) is 32.0. The minimum atomic E-state index is -0.231. The van der Waals surface area contributed by atoms with Crippen molar-refractivity contribution < 1.29 is 28.4 Å². The number of aldehydes is 1. The minimum absolute atomic E-state index is 0. The SMILES string of the molecule is CCO.CCO.CO.Cc1ccccc1.Nc1cccc(C(N)CC=O)c1.O.[HH].[HH]. The van der Waals surface area contributed by atoms with Crippen molar-refractivity contribution in [2.24, 2.45) is 5.73 Å². The second-order valence-electron chi connectivity index (χ2n) is 4.97. The summed E-state index contributed by atoms with van der Waals surface area (Å²) in [5, 5.41) is 22.1. The van der Waals surface area contributed by atoms with Gasteiger partial charge >= 0.3 is 0 Å². The van der Waals surface area contributed by atoms with Gasteiger partial charge in [0.1, 0.15) is 6.29 Å². The van der Waals surface area contributed by atoms with Gasteiger partial charge in [0.15, 0.2) is 0 Å². The lowest BCUT2D eigenvalue weighted by Gasteiger charge is -2.08. The van der Waals surface area contributed by atoms with Crippen LogP contribution in [0.3, 0.4) is 0 Å². The van der Waals surface area contributed by atoms with Crippen molar-refractivity contribution in [3.05, 3.63) is 65.7 Å². The zero-order valence-electron chi connectivity index (χ0n) is 17.4. The summed E-state index contributed by atoms with van der Waals surface area (Å²) < 4.78 is 0. The van der Waals surface area contributed by atoms with E-state index in [1.807, 2.05) is 30.3 Å². The van der Waals surface area contributed by atoms with E-state index in [1.165, 1.54) is 5.56 Å². The molecular weight excluding hydrogens is 360 g/mol. The molecule has 0 bridgehead atoms. The number of aliphatic hydroxyl groups excluding tert-OH is 3. The third kappa shape index (κ3) is 23.7. The van der Waals surface area contributed by atoms with Crippen LogP contribution < -0.4 is 11.5 Å². The van der Waals surface area contributed by atoms with Crippen LogP contribution in [0.1, 0.15) is 40.3 Å². The number of nitrogen functional groups attached to an aromatic ring is 1. The number of nitrogens with two attached hydrogens (primary N) is 2. The molecule has 0 radical (unpaired) electrons. The molecule has 2 aromatic rings. The second kappa shape index (κ2) is 26.9. The average molecular weight is 403 g/mol. The zero-order chi connectivity index (χ0) is 21.5. The van der Waals surface area contributed by atoms with Crippen molar-refractivity contribution in [3.63, 3.8) is 0 Å². The van der Waals surface area contributed by atoms with Crippen LogP contribution in [0.25, 0.3) is 0 Å². The molecule has 166 valence electrons. The standard InChI is InChI=1S/C9H12N2O.C7H8.2C2H6O.CH4O.H2O.2H2/c10-8-3-1-2-7(6-8)9(11)4-5-12;1-7-5-3-2-4-6-7;2*1-2-3;1-2;;;/h1-3,5-6,9H,4,10-11H2;2-6H,1H3;2*3H,2H2,1H3;2H,1H3;1H2;2*1H. The summed E-state index contributed by atoms with van der Waals surface area (Å²) in [6, 6.07) is 17.3. The molecule has 0 heterocycles. The lowest BCUT2D eigenvalue weighted by Crippen LogP contribution is -2.10. The molecule has 0 saturated carbocycles. The van der Waals surface area contributed by atoms with E-state index in [2.05, 4.69) is 19.1 Å². The Bertz CT molecular complexity index is 548. The Morgan fingerprint density at radius 2 is 1.46 bits per heavy atom. The third-order valence-electron chi connectivity index (χ3n) is 2.63. The molecule has 1 atom stereocenters. The zero-order valence-corrected chi connectivity index (χ0v) is 17.4. The van der Waals surface area contributed by atoms with Crippen molar-refractivity contribution in [1.29, 1.82) is 0 Å². The first-order valence-electron chi connectivity index (χ1n) is 8.69. The quantitative estimate of drug-likeness (QED) is 0.390. The maximum Gasteiger partial charge on any atom is 0.121 e. The van der Waals surface area contributed by atoms with E-state index in [0.29, 0.717) is 12.1 Å². The number of carbonyl (C=O) groups is 1. The van der Waals surface area contributed by atoms with Gasteiger partial charge in [0, 0.05) is 41.3 Å². The highest BCUT2D eigenvalue weighted by molar-refractivity contribution is 5.52. The molecule has 28 heavy (non-hydrogen) atoms. The predicted octanol–water partition coefficient (Wildman–Crippen LogP) is 2.13. The van der Waals surface area contributed by atoms with E-state index in [-0.39, 0.29) is 27.6 Å². The average Bonchev–Trinajstić information content (AvgIpc) is 2.66. The predicted molar refractivity (Wildman–Crippen MR) is 121 cm³/mol. The normalized spacial score (nSPS) is 9.00. The highest BCUT2D eigenvalue weighted by Gasteiger charge is 2.03. The first-order chi connectivity index (χ1) is 13.0. The minimum Gasteiger partial charge on any atom is -0.412 e. The van der Waals surface area contributed by atoms with Gasteiger partial charge in [-0.05, 0) is 38.5 Å². The van der Waals surface area contributed by atoms with Crippen molar-refractivity contribution in [3.8, 4) is 0 Å². The molecule has 0 aliphatic heterocycles. The molecule has 7 nitrogen and oxygen atoms in total. The van der Waals surface area contributed by atoms with Crippen LogP contribution in [-0.2, 0) is 4.79 Å². The smallest absolute Gasteiger partial charge is 0.121 e. The van der Waals surface area contributed by atoms with Crippen LogP contribution in [0.4, 0.5) is 5.69 Å². The Hall–Kier alpha value is -2.29. The Morgan fingerprint density at radius 3 is 1.79 bits per heavy atom. The number of anilines is 1. The molecule has 0 aliphatic rings. The van der Waals surface area contributed by atoms with Gasteiger partial charge in [-0.1, -0.05) is 48.0 Å². The highest BCUT2D eigenvalue weighted by atomic mass is 16.3. The fourth-order valence-corrected chi connectivity index (χ4v) is 1.56. The second-order valence-corrected chi connectivity index (χ2v) is 4.97. The summed E-state index contributed by atoms with van der Waals surface area (Å²) in [7, 11) is 1.00. The van der Waals surface area contributed by atoms with E-state index >= 15 is 0 Å². The number of rotatable bonds is 3. The monoisotopic (exact) mass is 402 g/mol. The summed E-state index contributed by atoms with van der Waals surface area (Å²) in [6.07, 6.45) is 1.15. The molecule has 0 aliphatic carbocycles. The maximum absolute atomic E-state index is 10.2. The Morgan fingerprint density at radius 1 is 1.00 bits per heavy atom. The lowest BCUT2D eigenvalue weighted by molar-refractivity contribution is -0.108. The lowest BCUT2D eigenvalue weighted by atomic mass is 10.1. The Balaban J connectivity index is -0.0000000693. The number of hydrogen-bond acceptors (Lipinski definition) is 6. The number of aryl methyl sites for hydroxylation is 1. The number of hydrogen-bond donors (Lipinski definition) is 5. The molecule has 0 aromatic heterocycles. The molecule has 2 aromatic carbocycles. The molecule has 0 spiro atoms. The van der Waals surface area contributed by atoms with Crippen LogP contribution in [0.15, 0.2) is 54.6 Å². The molecule has 2 rings (SSSR count). The fourth-order valence-electron chi connectivity index (χ4n) is 1.56. The van der Waals surface area contributed by atoms with Gasteiger partial charge in [-0.2, -0.15) is 0 Å². The summed E-state index contributed by atoms with van der Waals surface area (Å²) >= 11 is 0. The molecule has 7 heteroatoms. The van der Waals surface area contributed by atoms with Crippen LogP contribution >= 0.6 is 0 Å². The molecule has 1 unspecified atom stereocenters. The van der Waals surface area contributed by atoms with Crippen molar-refractivity contribution in [1.82, 2.24) is 0 Å². The van der Waals surface area contributed by atoms with Gasteiger partial charge in [0.2, 0.25) is 0 Å². The van der Waals surface area contributed by atoms with Gasteiger partial charge < -0.3 is 37.1 Å². The van der Waals surface area contributed by atoms with E-state index in [1.54, 1.807) is 26.0 Å². The number of benzene rings is 2. The highest BCUT2D eigenvalue weighted by Crippen LogP contribution is 2.15. The van der Waals surface area contributed by atoms with Crippen LogP contribution in [0, 0.1) is 6.92 Å². The summed E-state index contributed by atoms with van der Waals surface area (Å²) in [4.78, 5) is 10.2. The van der Waals surface area contributed by atoms with Crippen molar-refractivity contribution >= 4 is 12.0 Å². The van der Waals surface area contributed by atoms with E-state index in [0.717, 1.165) is 19.0 Å². The van der Waals surface area contributed by atoms with Crippen molar-refractivity contribution in [2.45, 2.75) is 33.2 Å². The van der Waals surface area contributed by atoms with Gasteiger partial charge in [-0.25, -0.2) is 0 Å². The van der Waals surface area contributed by atoms with Gasteiger partial charge in [0.05, 0.1) is 0 Å². The third-order valence-corrected chi connectivity index (χ3v) is 2.63. The maximum atomic E-state index is 10.2. The van der Waals surface area contributed by atoms with Gasteiger partial charge in [-0.3, -0.25) is 0 Å². The van der Waals surface area contributed by atoms with E-state index in [9.17, 15) is 4.79 Å². The molecule has 0 saturated heterocycles. The van der Waals surface area contributed by atoms with Gasteiger partial charge in [-0.15, -0.1) is 0 Å². The van der Waals surface area contributed by atoms with Crippen molar-refractivity contribution in [2.75, 3.05) is 26.1 Å². The summed E-state index contributed by atoms with van der Waals surface area (Å²) in [5.41, 5.74) is 14.1. The summed E-state index contributed by atoms with van der Waals surface area (Å²) in [5.74, 6) is 0. The molecule has 0 amide bonds. The number of carbonyl (C=O) groups excluding carboxylic acids is 1. The topological polar surface area (TPSA) is 161 Å². The fraction of sp³-hybridized carbons (Fsp3) is 0.381. The number of aliphatic hydroxyl groups is 3. The van der Waals surface area contributed by atoms with Crippen LogP contribution in [-0.4, -0.2) is 47.4 Å².